The maximum Gasteiger partial charge on any atom is 0.274 e. The van der Waals surface area contributed by atoms with Gasteiger partial charge in [-0.15, -0.1) is 0 Å². The molecule has 2 N–H and O–H groups in total. The van der Waals surface area contributed by atoms with Crippen LogP contribution in [0.2, 0.25) is 5.02 Å². The van der Waals surface area contributed by atoms with Gasteiger partial charge in [-0.1, -0.05) is 23.7 Å². The van der Waals surface area contributed by atoms with Gasteiger partial charge in [-0.05, 0) is 74.4 Å². The number of H-pyrrole nitrogens is 1. The van der Waals surface area contributed by atoms with Crippen LogP contribution in [0.1, 0.15) is 60.8 Å². The molecule has 0 aliphatic heterocycles. The van der Waals surface area contributed by atoms with Crippen LogP contribution in [0.5, 0.6) is 0 Å². The van der Waals surface area contributed by atoms with E-state index in [0.29, 0.717) is 28.6 Å². The quantitative estimate of drug-likeness (QED) is 0.295. The molecule has 5 aromatic rings. The van der Waals surface area contributed by atoms with Gasteiger partial charge in [-0.3, -0.25) is 19.3 Å². The number of aromatic amines is 1. The van der Waals surface area contributed by atoms with E-state index in [2.05, 4.69) is 26.2 Å². The third kappa shape index (κ3) is 4.73. The molecule has 0 spiro atoms. The van der Waals surface area contributed by atoms with Gasteiger partial charge in [0, 0.05) is 47.2 Å². The summed E-state index contributed by atoms with van der Waals surface area (Å²) in [5.74, 6) is 0.0566. The molecule has 206 valence electrons. The molecule has 0 saturated carbocycles. The number of hydrogen-bond donors (Lipinski definition) is 2. The average Bonchev–Trinajstić information content (AvgIpc) is 3.50. The number of nitrogens with one attached hydrogen (secondary N) is 1. The lowest BCUT2D eigenvalue weighted by atomic mass is 9.84. The number of hydrogen-bond acceptors (Lipinski definition) is 5. The van der Waals surface area contributed by atoms with Crippen molar-refractivity contribution in [1.29, 1.82) is 0 Å². The van der Waals surface area contributed by atoms with Gasteiger partial charge in [-0.25, -0.2) is 14.4 Å². The Hall–Kier alpha value is -3.82. The van der Waals surface area contributed by atoms with Crippen molar-refractivity contribution in [3.63, 3.8) is 0 Å². The van der Waals surface area contributed by atoms with E-state index in [1.165, 1.54) is 34.4 Å². The summed E-state index contributed by atoms with van der Waals surface area (Å²) in [6.07, 6.45) is 9.04. The molecule has 3 aromatic heterocycles. The Bertz CT molecular complexity index is 1780. The van der Waals surface area contributed by atoms with Crippen molar-refractivity contribution in [3.8, 4) is 11.1 Å². The topological polar surface area (TPSA) is 102 Å². The zero-order valence-electron chi connectivity index (χ0n) is 22.6. The van der Waals surface area contributed by atoms with Gasteiger partial charge in [0.05, 0.1) is 23.6 Å². The number of rotatable bonds is 6. The molecule has 3 heterocycles. The van der Waals surface area contributed by atoms with E-state index >= 15 is 4.39 Å². The number of fused-ring (bicyclic) bond motifs is 2. The van der Waals surface area contributed by atoms with Crippen LogP contribution in [0.3, 0.4) is 0 Å². The standard InChI is InChI=1S/C30H30ClFN6O2/c1-30(2,40)29-33-13-21(14-34-29)22-12-26-23(11-25(22)32)28(39)37(3)38(26)16-20-10-17(7-8-24(20)31)9-18-5-4-6-19-15-35-36-27(18)19/h7-8,10-15,18,40H,4-6,9,16H2,1-3H3,(H,35,36). The second kappa shape index (κ2) is 9.98. The summed E-state index contributed by atoms with van der Waals surface area (Å²) >= 11 is 6.65. The van der Waals surface area contributed by atoms with Crippen molar-refractivity contribution in [3.05, 3.63) is 98.3 Å². The SMILES string of the molecule is Cn1c(=O)c2cc(F)c(-c3cnc(C(C)(C)O)nc3)cc2n1Cc1cc(CC2CCCc3cn[nH]c32)ccc1Cl. The third-order valence-corrected chi connectivity index (χ3v) is 8.20. The summed E-state index contributed by atoms with van der Waals surface area (Å²) in [7, 11) is 1.67. The Balaban J connectivity index is 1.36. The van der Waals surface area contributed by atoms with Crippen LogP contribution in [0.15, 0.2) is 53.7 Å². The van der Waals surface area contributed by atoms with Gasteiger partial charge in [0.1, 0.15) is 11.4 Å². The Kier molecular flexibility index (Phi) is 6.59. The zero-order chi connectivity index (χ0) is 28.2. The van der Waals surface area contributed by atoms with Crippen molar-refractivity contribution >= 4 is 22.5 Å². The maximum atomic E-state index is 15.2. The molecule has 1 unspecified atom stereocenters. The fraction of sp³-hybridized carbons (Fsp3) is 0.333. The molecule has 1 aliphatic rings. The highest BCUT2D eigenvalue weighted by molar-refractivity contribution is 6.31. The summed E-state index contributed by atoms with van der Waals surface area (Å²) in [5, 5.41) is 18.5. The molecule has 0 fully saturated rings. The normalized spacial score (nSPS) is 15.5. The Morgan fingerprint density at radius 1 is 1.18 bits per heavy atom. The molecule has 0 amide bonds. The van der Waals surface area contributed by atoms with Crippen molar-refractivity contribution in [2.24, 2.45) is 7.05 Å². The first-order valence-corrected chi connectivity index (χ1v) is 13.7. The summed E-state index contributed by atoms with van der Waals surface area (Å²) in [5.41, 5.74) is 4.31. The summed E-state index contributed by atoms with van der Waals surface area (Å²) in [6.45, 7) is 3.50. The molecule has 6 rings (SSSR count). The number of nitrogens with zero attached hydrogens (tertiary/aromatic N) is 5. The first-order chi connectivity index (χ1) is 19.1. The lowest BCUT2D eigenvalue weighted by Gasteiger charge is -2.22. The lowest BCUT2D eigenvalue weighted by Crippen LogP contribution is -2.20. The van der Waals surface area contributed by atoms with Gasteiger partial charge in [-0.2, -0.15) is 5.10 Å². The smallest absolute Gasteiger partial charge is 0.274 e. The number of aromatic nitrogens is 6. The largest absolute Gasteiger partial charge is 0.382 e. The predicted molar refractivity (Wildman–Crippen MR) is 152 cm³/mol. The predicted octanol–water partition coefficient (Wildman–Crippen LogP) is 5.25. The van der Waals surface area contributed by atoms with E-state index in [4.69, 9.17) is 11.6 Å². The fourth-order valence-electron chi connectivity index (χ4n) is 5.67. The molecular weight excluding hydrogens is 531 g/mol. The Morgan fingerprint density at radius 3 is 2.70 bits per heavy atom. The van der Waals surface area contributed by atoms with Crippen LogP contribution in [-0.2, 0) is 32.0 Å². The maximum absolute atomic E-state index is 15.2. The Labute approximate surface area is 235 Å². The van der Waals surface area contributed by atoms with E-state index < -0.39 is 11.4 Å². The minimum absolute atomic E-state index is 0.237. The molecule has 1 atom stereocenters. The summed E-state index contributed by atoms with van der Waals surface area (Å²) in [4.78, 5) is 21.5. The second-order valence-electron chi connectivity index (χ2n) is 11.1. The van der Waals surface area contributed by atoms with Gasteiger partial charge in [0.15, 0.2) is 5.82 Å². The van der Waals surface area contributed by atoms with Crippen LogP contribution < -0.4 is 5.56 Å². The number of halogens is 2. The monoisotopic (exact) mass is 560 g/mol. The molecule has 1 aliphatic carbocycles. The van der Waals surface area contributed by atoms with E-state index in [1.807, 2.05) is 23.0 Å². The highest BCUT2D eigenvalue weighted by atomic mass is 35.5. The molecule has 10 heteroatoms. The van der Waals surface area contributed by atoms with Crippen LogP contribution in [-0.4, -0.2) is 34.6 Å². The molecule has 2 aromatic carbocycles. The van der Waals surface area contributed by atoms with E-state index in [1.54, 1.807) is 27.0 Å². The number of aryl methyl sites for hydroxylation is 1. The van der Waals surface area contributed by atoms with E-state index in [-0.39, 0.29) is 22.3 Å². The van der Waals surface area contributed by atoms with Crippen molar-refractivity contribution in [1.82, 2.24) is 29.5 Å². The zero-order valence-corrected chi connectivity index (χ0v) is 23.3. The molecule has 0 bridgehead atoms. The van der Waals surface area contributed by atoms with Crippen LogP contribution >= 0.6 is 11.6 Å². The molecule has 40 heavy (non-hydrogen) atoms. The minimum atomic E-state index is -1.22. The van der Waals surface area contributed by atoms with Gasteiger partial charge in [0.2, 0.25) is 0 Å². The lowest BCUT2D eigenvalue weighted by molar-refractivity contribution is 0.0687. The number of benzene rings is 2. The summed E-state index contributed by atoms with van der Waals surface area (Å²) < 4.78 is 18.5. The Morgan fingerprint density at radius 2 is 1.95 bits per heavy atom. The molecule has 0 radical (unpaired) electrons. The minimum Gasteiger partial charge on any atom is -0.382 e. The molecule has 0 saturated heterocycles. The van der Waals surface area contributed by atoms with Gasteiger partial charge < -0.3 is 5.11 Å². The van der Waals surface area contributed by atoms with Crippen LogP contribution in [0.4, 0.5) is 4.39 Å². The number of aliphatic hydroxyl groups is 1. The molecule has 8 nitrogen and oxygen atoms in total. The van der Waals surface area contributed by atoms with Gasteiger partial charge >= 0.3 is 0 Å². The third-order valence-electron chi connectivity index (χ3n) is 7.83. The van der Waals surface area contributed by atoms with Crippen molar-refractivity contribution < 1.29 is 9.50 Å². The van der Waals surface area contributed by atoms with E-state index in [9.17, 15) is 9.90 Å². The molecular formula is C30H30ClFN6O2. The summed E-state index contributed by atoms with van der Waals surface area (Å²) in [6, 6.07) is 8.95. The van der Waals surface area contributed by atoms with Crippen molar-refractivity contribution in [2.45, 2.75) is 57.6 Å². The average molecular weight is 561 g/mol. The first-order valence-electron chi connectivity index (χ1n) is 13.3. The fourth-order valence-corrected chi connectivity index (χ4v) is 5.85. The van der Waals surface area contributed by atoms with Crippen LogP contribution in [0.25, 0.3) is 22.0 Å². The second-order valence-corrected chi connectivity index (χ2v) is 11.5. The highest BCUT2D eigenvalue weighted by Gasteiger charge is 2.24. The van der Waals surface area contributed by atoms with Gasteiger partial charge in [0.25, 0.3) is 5.56 Å². The first kappa shape index (κ1) is 26.4. The highest BCUT2D eigenvalue weighted by Crippen LogP contribution is 2.34. The van der Waals surface area contributed by atoms with Crippen molar-refractivity contribution in [2.75, 3.05) is 0 Å². The van der Waals surface area contributed by atoms with E-state index in [0.717, 1.165) is 36.8 Å². The van der Waals surface area contributed by atoms with Crippen LogP contribution in [0, 0.1) is 5.82 Å².